The second kappa shape index (κ2) is 11.4. The maximum atomic E-state index is 12.4. The standard InChI is InChI=1S/C20H24N2O2.ClH/c21-14-16-22(15-13-17-7-3-1-4-8-17)20(24)12-11-19(23)18-9-5-2-6-10-18;/h1-10H,11-16,21H2;1H. The normalized spacial score (nSPS) is 9.96. The molecule has 0 fully saturated rings. The van der Waals surface area contributed by atoms with Gasteiger partial charge < -0.3 is 10.6 Å². The number of ketones is 1. The first-order valence-electron chi connectivity index (χ1n) is 8.30. The Hall–Kier alpha value is -2.17. The lowest BCUT2D eigenvalue weighted by Crippen LogP contribution is -2.37. The number of Topliss-reactive ketones (excluding diaryl/α,β-unsaturated/α-hetero) is 1. The average Bonchev–Trinajstić information content (AvgIpc) is 2.64. The summed E-state index contributed by atoms with van der Waals surface area (Å²) in [6.45, 7) is 1.57. The highest BCUT2D eigenvalue weighted by molar-refractivity contribution is 5.97. The summed E-state index contributed by atoms with van der Waals surface area (Å²) in [6.07, 6.45) is 1.25. The number of amides is 1. The van der Waals surface area contributed by atoms with Crippen molar-refractivity contribution in [1.82, 2.24) is 4.90 Å². The Labute approximate surface area is 155 Å². The van der Waals surface area contributed by atoms with Gasteiger partial charge in [0, 0.05) is 38.0 Å². The number of halogens is 1. The van der Waals surface area contributed by atoms with Gasteiger partial charge >= 0.3 is 0 Å². The Morgan fingerprint density at radius 3 is 2.04 bits per heavy atom. The Balaban J connectivity index is 0.00000312. The third-order valence-electron chi connectivity index (χ3n) is 3.93. The van der Waals surface area contributed by atoms with Crippen LogP contribution in [-0.4, -0.2) is 36.2 Å². The number of carbonyl (C=O) groups is 2. The number of benzene rings is 2. The van der Waals surface area contributed by atoms with Crippen molar-refractivity contribution in [3.05, 3.63) is 71.8 Å². The van der Waals surface area contributed by atoms with E-state index < -0.39 is 0 Å². The summed E-state index contributed by atoms with van der Waals surface area (Å²) in [6, 6.07) is 19.1. The van der Waals surface area contributed by atoms with Crippen LogP contribution >= 0.6 is 12.4 Å². The lowest BCUT2D eigenvalue weighted by atomic mass is 10.1. The van der Waals surface area contributed by atoms with E-state index in [9.17, 15) is 9.59 Å². The third kappa shape index (κ3) is 7.08. The number of carbonyl (C=O) groups excluding carboxylic acids is 2. The van der Waals surface area contributed by atoms with Crippen LogP contribution in [0.25, 0.3) is 0 Å². The van der Waals surface area contributed by atoms with Crippen molar-refractivity contribution in [3.8, 4) is 0 Å². The first-order chi connectivity index (χ1) is 11.7. The van der Waals surface area contributed by atoms with E-state index in [1.165, 1.54) is 5.56 Å². The van der Waals surface area contributed by atoms with Gasteiger partial charge in [-0.2, -0.15) is 0 Å². The van der Waals surface area contributed by atoms with Crippen molar-refractivity contribution < 1.29 is 9.59 Å². The molecule has 0 heterocycles. The largest absolute Gasteiger partial charge is 0.341 e. The van der Waals surface area contributed by atoms with Gasteiger partial charge in [0.15, 0.2) is 5.78 Å². The predicted molar refractivity (Wildman–Crippen MR) is 103 cm³/mol. The Morgan fingerprint density at radius 1 is 0.840 bits per heavy atom. The molecule has 0 saturated carbocycles. The van der Waals surface area contributed by atoms with Gasteiger partial charge in [-0.25, -0.2) is 0 Å². The number of nitrogens with zero attached hydrogens (tertiary/aromatic N) is 1. The molecule has 0 radical (unpaired) electrons. The minimum absolute atomic E-state index is 0. The molecule has 0 bridgehead atoms. The van der Waals surface area contributed by atoms with Gasteiger partial charge in [-0.05, 0) is 12.0 Å². The topological polar surface area (TPSA) is 63.4 Å². The molecule has 0 saturated heterocycles. The van der Waals surface area contributed by atoms with E-state index in [0.29, 0.717) is 25.2 Å². The molecule has 0 unspecified atom stereocenters. The predicted octanol–water partition coefficient (Wildman–Crippen LogP) is 3.10. The second-order valence-corrected chi connectivity index (χ2v) is 5.69. The summed E-state index contributed by atoms with van der Waals surface area (Å²) in [4.78, 5) is 26.3. The summed E-state index contributed by atoms with van der Waals surface area (Å²) in [5.41, 5.74) is 7.46. The molecule has 0 aromatic heterocycles. The molecule has 2 aromatic rings. The van der Waals surface area contributed by atoms with Crippen molar-refractivity contribution in [2.24, 2.45) is 5.73 Å². The number of hydrogen-bond acceptors (Lipinski definition) is 3. The highest BCUT2D eigenvalue weighted by Crippen LogP contribution is 2.08. The maximum absolute atomic E-state index is 12.4. The van der Waals surface area contributed by atoms with Gasteiger partial charge in [-0.3, -0.25) is 9.59 Å². The van der Waals surface area contributed by atoms with E-state index in [2.05, 4.69) is 0 Å². The third-order valence-corrected chi connectivity index (χ3v) is 3.93. The smallest absolute Gasteiger partial charge is 0.223 e. The van der Waals surface area contributed by atoms with Gasteiger partial charge in [0.1, 0.15) is 0 Å². The van der Waals surface area contributed by atoms with Crippen molar-refractivity contribution in [2.75, 3.05) is 19.6 Å². The molecule has 134 valence electrons. The molecular formula is C20H25ClN2O2. The van der Waals surface area contributed by atoms with Crippen molar-refractivity contribution in [1.29, 1.82) is 0 Å². The van der Waals surface area contributed by atoms with Crippen LogP contribution in [0.2, 0.25) is 0 Å². The van der Waals surface area contributed by atoms with Gasteiger partial charge in [0.2, 0.25) is 5.91 Å². The molecule has 0 atom stereocenters. The molecule has 4 nitrogen and oxygen atoms in total. The van der Waals surface area contributed by atoms with Gasteiger partial charge in [0.05, 0.1) is 0 Å². The second-order valence-electron chi connectivity index (χ2n) is 5.69. The minimum atomic E-state index is -0.0133. The van der Waals surface area contributed by atoms with E-state index >= 15 is 0 Å². The fourth-order valence-electron chi connectivity index (χ4n) is 2.57. The Kier molecular flexibility index (Phi) is 9.51. The van der Waals surface area contributed by atoms with Crippen molar-refractivity contribution in [3.63, 3.8) is 0 Å². The van der Waals surface area contributed by atoms with Crippen LogP contribution in [0.15, 0.2) is 60.7 Å². The molecule has 2 N–H and O–H groups in total. The lowest BCUT2D eigenvalue weighted by molar-refractivity contribution is -0.131. The SMILES string of the molecule is Cl.NCCN(CCc1ccccc1)C(=O)CCC(=O)c1ccccc1. The zero-order valence-corrected chi connectivity index (χ0v) is 15.1. The van der Waals surface area contributed by atoms with Crippen LogP contribution < -0.4 is 5.73 Å². The van der Waals surface area contributed by atoms with E-state index in [-0.39, 0.29) is 36.9 Å². The minimum Gasteiger partial charge on any atom is -0.341 e. The number of nitrogens with two attached hydrogens (primary N) is 1. The van der Waals surface area contributed by atoms with Gasteiger partial charge in [-0.1, -0.05) is 60.7 Å². The fourth-order valence-corrected chi connectivity index (χ4v) is 2.57. The van der Waals surface area contributed by atoms with Crippen LogP contribution in [0.5, 0.6) is 0 Å². The molecule has 0 spiro atoms. The Bertz CT molecular complexity index is 647. The van der Waals surface area contributed by atoms with Crippen LogP contribution in [0.4, 0.5) is 0 Å². The Morgan fingerprint density at radius 2 is 1.44 bits per heavy atom. The van der Waals surface area contributed by atoms with Crippen LogP contribution in [-0.2, 0) is 11.2 Å². The van der Waals surface area contributed by atoms with E-state index in [1.807, 2.05) is 48.5 Å². The van der Waals surface area contributed by atoms with Crippen LogP contribution in [0.3, 0.4) is 0 Å². The summed E-state index contributed by atoms with van der Waals surface area (Å²) >= 11 is 0. The molecule has 0 aliphatic heterocycles. The first-order valence-corrected chi connectivity index (χ1v) is 8.30. The van der Waals surface area contributed by atoms with Crippen LogP contribution in [0.1, 0.15) is 28.8 Å². The molecular weight excluding hydrogens is 336 g/mol. The zero-order valence-electron chi connectivity index (χ0n) is 14.3. The van der Waals surface area contributed by atoms with Crippen LogP contribution in [0, 0.1) is 0 Å². The summed E-state index contributed by atoms with van der Waals surface area (Å²) in [5.74, 6) is -0.0135. The zero-order chi connectivity index (χ0) is 17.2. The fraction of sp³-hybridized carbons (Fsp3) is 0.300. The maximum Gasteiger partial charge on any atom is 0.223 e. The molecule has 2 aromatic carbocycles. The number of hydrogen-bond donors (Lipinski definition) is 1. The first kappa shape index (κ1) is 20.9. The quantitative estimate of drug-likeness (QED) is 0.699. The van der Waals surface area contributed by atoms with Gasteiger partial charge in [-0.15, -0.1) is 12.4 Å². The molecule has 25 heavy (non-hydrogen) atoms. The molecule has 2 rings (SSSR count). The average molecular weight is 361 g/mol. The number of rotatable bonds is 9. The molecule has 0 aliphatic rings. The molecule has 1 amide bonds. The summed E-state index contributed by atoms with van der Waals surface area (Å²) in [7, 11) is 0. The van der Waals surface area contributed by atoms with Crippen molar-refractivity contribution in [2.45, 2.75) is 19.3 Å². The highest BCUT2D eigenvalue weighted by Gasteiger charge is 2.15. The van der Waals surface area contributed by atoms with Gasteiger partial charge in [0.25, 0.3) is 0 Å². The molecule has 0 aliphatic carbocycles. The lowest BCUT2D eigenvalue weighted by Gasteiger charge is -2.22. The van der Waals surface area contributed by atoms with Crippen molar-refractivity contribution >= 4 is 24.1 Å². The van der Waals surface area contributed by atoms with E-state index in [1.54, 1.807) is 17.0 Å². The highest BCUT2D eigenvalue weighted by atomic mass is 35.5. The summed E-state index contributed by atoms with van der Waals surface area (Å²) in [5, 5.41) is 0. The van der Waals surface area contributed by atoms with E-state index in [4.69, 9.17) is 5.73 Å². The monoisotopic (exact) mass is 360 g/mol. The summed E-state index contributed by atoms with van der Waals surface area (Å²) < 4.78 is 0. The van der Waals surface area contributed by atoms with E-state index in [0.717, 1.165) is 6.42 Å². The molecule has 5 heteroatoms.